The molecule has 0 radical (unpaired) electrons. The average Bonchev–Trinajstić information content (AvgIpc) is 2.62. The van der Waals surface area contributed by atoms with Gasteiger partial charge in [-0.15, -0.1) is 0 Å². The zero-order valence-corrected chi connectivity index (χ0v) is 11.3. The van der Waals surface area contributed by atoms with Crippen molar-refractivity contribution in [3.63, 3.8) is 0 Å². The summed E-state index contributed by atoms with van der Waals surface area (Å²) in [7, 11) is 1.56. The Hall–Kier alpha value is -0.230. The van der Waals surface area contributed by atoms with Crippen LogP contribution in [0.3, 0.4) is 0 Å². The predicted octanol–water partition coefficient (Wildman–Crippen LogP) is 4.60. The second-order valence-electron chi connectivity index (χ2n) is 2.54. The van der Waals surface area contributed by atoms with Crippen LogP contribution in [0.4, 0.5) is 0 Å². The Labute approximate surface area is 100 Å². The van der Waals surface area contributed by atoms with Crippen molar-refractivity contribution in [2.75, 3.05) is 0 Å². The largest absolute Gasteiger partial charge is 0.447 e. The SMILES string of the molecule is CC.Cc1cnc2cc(SI)oc2c1. The predicted molar refractivity (Wildman–Crippen MR) is 70.0 cm³/mol. The third kappa shape index (κ3) is 2.63. The van der Waals surface area contributed by atoms with Gasteiger partial charge in [0.2, 0.25) is 0 Å². The summed E-state index contributed by atoms with van der Waals surface area (Å²) in [6.07, 6.45) is 1.85. The first-order chi connectivity index (χ1) is 6.79. The van der Waals surface area contributed by atoms with Crippen molar-refractivity contribution in [3.05, 3.63) is 23.9 Å². The van der Waals surface area contributed by atoms with E-state index in [1.165, 1.54) is 0 Å². The summed E-state index contributed by atoms with van der Waals surface area (Å²) < 4.78 is 5.49. The van der Waals surface area contributed by atoms with Crippen molar-refractivity contribution < 1.29 is 4.42 Å². The van der Waals surface area contributed by atoms with Gasteiger partial charge in [-0.25, -0.2) is 0 Å². The molecule has 0 aliphatic rings. The van der Waals surface area contributed by atoms with Crippen LogP contribution in [-0.4, -0.2) is 4.98 Å². The Morgan fingerprint density at radius 2 is 2.07 bits per heavy atom. The smallest absolute Gasteiger partial charge is 0.173 e. The summed E-state index contributed by atoms with van der Waals surface area (Å²) in [5, 5.41) is 0.906. The van der Waals surface area contributed by atoms with E-state index >= 15 is 0 Å². The maximum atomic E-state index is 5.49. The molecule has 0 unspecified atom stereocenters. The maximum Gasteiger partial charge on any atom is 0.173 e. The third-order valence-corrected chi connectivity index (χ3v) is 3.22. The van der Waals surface area contributed by atoms with Crippen molar-refractivity contribution in [1.29, 1.82) is 0 Å². The molecule has 0 fully saturated rings. The van der Waals surface area contributed by atoms with Gasteiger partial charge in [-0.2, -0.15) is 0 Å². The van der Waals surface area contributed by atoms with E-state index in [0.29, 0.717) is 0 Å². The summed E-state index contributed by atoms with van der Waals surface area (Å²) in [6.45, 7) is 6.01. The van der Waals surface area contributed by atoms with E-state index in [-0.39, 0.29) is 0 Å². The zero-order valence-electron chi connectivity index (χ0n) is 8.37. The van der Waals surface area contributed by atoms with Gasteiger partial charge in [0.1, 0.15) is 5.52 Å². The molecule has 0 aliphatic carbocycles. The van der Waals surface area contributed by atoms with E-state index in [1.807, 2.05) is 39.1 Å². The first-order valence-corrected chi connectivity index (χ1v) is 7.80. The number of aryl methyl sites for hydroxylation is 1. The molecule has 2 aromatic rings. The summed E-state index contributed by atoms with van der Waals surface area (Å²) >= 11 is 2.19. The van der Waals surface area contributed by atoms with Gasteiger partial charge >= 0.3 is 0 Å². The maximum absolute atomic E-state index is 5.49. The molecule has 2 rings (SSSR count). The van der Waals surface area contributed by atoms with Crippen LogP contribution in [-0.2, 0) is 0 Å². The van der Waals surface area contributed by atoms with Crippen LogP contribution in [0.5, 0.6) is 0 Å². The number of nitrogens with zero attached hydrogens (tertiary/aromatic N) is 1. The van der Waals surface area contributed by atoms with Crippen molar-refractivity contribution in [2.24, 2.45) is 0 Å². The van der Waals surface area contributed by atoms with Crippen LogP contribution in [0, 0.1) is 6.92 Å². The molecule has 2 nitrogen and oxygen atoms in total. The fourth-order valence-corrected chi connectivity index (χ4v) is 1.96. The monoisotopic (exact) mass is 321 g/mol. The number of hydrogen-bond acceptors (Lipinski definition) is 3. The van der Waals surface area contributed by atoms with Crippen LogP contribution in [0.25, 0.3) is 11.1 Å². The third-order valence-electron chi connectivity index (χ3n) is 1.56. The first kappa shape index (κ1) is 11.8. The van der Waals surface area contributed by atoms with Crippen LogP contribution in [0.1, 0.15) is 19.4 Å². The van der Waals surface area contributed by atoms with Gasteiger partial charge in [-0.05, 0) is 27.5 Å². The van der Waals surface area contributed by atoms with Crippen molar-refractivity contribution in [2.45, 2.75) is 25.9 Å². The van der Waals surface area contributed by atoms with Gasteiger partial charge in [-0.3, -0.25) is 4.98 Å². The number of rotatable bonds is 1. The lowest BCUT2D eigenvalue weighted by Gasteiger charge is -1.88. The average molecular weight is 321 g/mol. The number of pyridine rings is 1. The van der Waals surface area contributed by atoms with Gasteiger partial charge in [0.05, 0.1) is 0 Å². The Morgan fingerprint density at radius 3 is 2.71 bits per heavy atom. The number of furan rings is 1. The fraction of sp³-hybridized carbons (Fsp3) is 0.300. The lowest BCUT2D eigenvalue weighted by Crippen LogP contribution is -1.74. The van der Waals surface area contributed by atoms with E-state index in [9.17, 15) is 0 Å². The fourth-order valence-electron chi connectivity index (χ4n) is 1.03. The second-order valence-corrected chi connectivity index (χ2v) is 4.42. The number of halogens is 1. The Bertz CT molecular complexity index is 413. The van der Waals surface area contributed by atoms with Gasteiger partial charge in [-0.1, -0.05) is 13.8 Å². The molecule has 4 heteroatoms. The minimum Gasteiger partial charge on any atom is -0.447 e. The normalized spacial score (nSPS) is 9.71. The molecule has 0 saturated carbocycles. The molecule has 0 N–H and O–H groups in total. The van der Waals surface area contributed by atoms with Crippen LogP contribution < -0.4 is 0 Å². The molecule has 76 valence electrons. The first-order valence-electron chi connectivity index (χ1n) is 4.44. The summed E-state index contributed by atoms with van der Waals surface area (Å²) in [5.41, 5.74) is 2.93. The zero-order chi connectivity index (χ0) is 10.6. The number of fused-ring (bicyclic) bond motifs is 1. The molecule has 0 spiro atoms. The van der Waals surface area contributed by atoms with E-state index in [4.69, 9.17) is 4.42 Å². The van der Waals surface area contributed by atoms with E-state index in [0.717, 1.165) is 21.8 Å². The topological polar surface area (TPSA) is 26.0 Å². The van der Waals surface area contributed by atoms with E-state index < -0.39 is 0 Å². The number of aromatic nitrogens is 1. The molecule has 0 aliphatic heterocycles. The minimum absolute atomic E-state index is 0.870. The highest BCUT2D eigenvalue weighted by molar-refractivity contribution is 14.2. The highest BCUT2D eigenvalue weighted by atomic mass is 127. The molecule has 0 atom stereocenters. The molecule has 14 heavy (non-hydrogen) atoms. The molecule has 0 bridgehead atoms. The van der Waals surface area contributed by atoms with E-state index in [1.54, 1.807) is 8.93 Å². The van der Waals surface area contributed by atoms with Gasteiger partial charge in [0, 0.05) is 33.5 Å². The lowest BCUT2D eigenvalue weighted by atomic mass is 10.3. The van der Waals surface area contributed by atoms with Gasteiger partial charge < -0.3 is 4.42 Å². The molecule has 2 aromatic heterocycles. The molecule has 0 aromatic carbocycles. The standard InChI is InChI=1S/C8H6INOS.C2H6/c1-5-2-7-6(10-4-5)3-8(11-7)12-9;1-2/h2-4H,1H3;1-2H3. The summed E-state index contributed by atoms with van der Waals surface area (Å²) in [4.78, 5) is 4.24. The molecule has 0 saturated heterocycles. The minimum atomic E-state index is 0.870. The van der Waals surface area contributed by atoms with Gasteiger partial charge in [0.25, 0.3) is 0 Å². The summed E-state index contributed by atoms with van der Waals surface area (Å²) in [6, 6.07) is 3.95. The van der Waals surface area contributed by atoms with Crippen molar-refractivity contribution in [1.82, 2.24) is 4.98 Å². The van der Waals surface area contributed by atoms with Crippen LogP contribution in [0.15, 0.2) is 27.8 Å². The Kier molecular flexibility index (Phi) is 4.74. The van der Waals surface area contributed by atoms with E-state index in [2.05, 4.69) is 26.2 Å². The van der Waals surface area contributed by atoms with Crippen molar-refractivity contribution in [3.8, 4) is 0 Å². The molecule has 2 heterocycles. The highest BCUT2D eigenvalue weighted by Crippen LogP contribution is 2.30. The van der Waals surface area contributed by atoms with Crippen LogP contribution in [0.2, 0.25) is 0 Å². The highest BCUT2D eigenvalue weighted by Gasteiger charge is 2.03. The Morgan fingerprint density at radius 1 is 1.36 bits per heavy atom. The Balaban J connectivity index is 0.000000461. The lowest BCUT2D eigenvalue weighted by molar-refractivity contribution is 0.516. The van der Waals surface area contributed by atoms with Crippen molar-refractivity contribution >= 4 is 41.2 Å². The molecular formula is C10H12INOS. The summed E-state index contributed by atoms with van der Waals surface area (Å²) in [5.74, 6) is 0. The molecular weight excluding hydrogens is 309 g/mol. The van der Waals surface area contributed by atoms with Crippen LogP contribution >= 0.6 is 30.1 Å². The quantitative estimate of drug-likeness (QED) is 0.718. The van der Waals surface area contributed by atoms with Gasteiger partial charge in [0.15, 0.2) is 10.7 Å². The second kappa shape index (κ2) is 5.60. The molecule has 0 amide bonds. The number of hydrogen-bond donors (Lipinski definition) is 0.